The lowest BCUT2D eigenvalue weighted by Crippen LogP contribution is -2.27. The summed E-state index contributed by atoms with van der Waals surface area (Å²) in [6.45, 7) is 4.20. The zero-order valence-corrected chi connectivity index (χ0v) is 9.43. The minimum absolute atomic E-state index is 0.272. The Hall–Kier alpha value is -1.90. The second kappa shape index (κ2) is 4.31. The quantitative estimate of drug-likeness (QED) is 0.567. The molecule has 0 aliphatic carbocycles. The SMILES string of the molecule is CCOC(=O)c1ccc(C)[n+]2ccccc12. The van der Waals surface area contributed by atoms with Crippen molar-refractivity contribution in [1.82, 2.24) is 0 Å². The maximum atomic E-state index is 11.7. The van der Waals surface area contributed by atoms with Crippen molar-refractivity contribution in [1.29, 1.82) is 0 Å². The van der Waals surface area contributed by atoms with Crippen molar-refractivity contribution in [2.45, 2.75) is 13.8 Å². The Morgan fingerprint density at radius 2 is 2.12 bits per heavy atom. The van der Waals surface area contributed by atoms with E-state index in [1.165, 1.54) is 0 Å². The molecule has 0 saturated carbocycles. The zero-order valence-electron chi connectivity index (χ0n) is 9.43. The molecule has 0 radical (unpaired) electrons. The summed E-state index contributed by atoms with van der Waals surface area (Å²) in [7, 11) is 0. The average Bonchev–Trinajstić information content (AvgIpc) is 2.30. The number of aromatic nitrogens is 1. The van der Waals surface area contributed by atoms with Crippen LogP contribution in [0, 0.1) is 6.92 Å². The highest BCUT2D eigenvalue weighted by molar-refractivity contribution is 5.95. The third kappa shape index (κ3) is 1.76. The van der Waals surface area contributed by atoms with Crippen LogP contribution in [-0.4, -0.2) is 12.6 Å². The van der Waals surface area contributed by atoms with Gasteiger partial charge in [-0.25, -0.2) is 4.79 Å². The van der Waals surface area contributed by atoms with Crippen LogP contribution < -0.4 is 4.40 Å². The van der Waals surface area contributed by atoms with Crippen LogP contribution in [0.3, 0.4) is 0 Å². The minimum Gasteiger partial charge on any atom is -0.462 e. The first kappa shape index (κ1) is 10.6. The maximum Gasteiger partial charge on any atom is 0.344 e. The Bertz CT molecular complexity index is 534. The second-order valence-corrected chi connectivity index (χ2v) is 3.56. The van der Waals surface area contributed by atoms with E-state index >= 15 is 0 Å². The van der Waals surface area contributed by atoms with E-state index in [-0.39, 0.29) is 5.97 Å². The van der Waals surface area contributed by atoms with Gasteiger partial charge in [0.15, 0.2) is 11.9 Å². The zero-order chi connectivity index (χ0) is 11.5. The van der Waals surface area contributed by atoms with Crippen LogP contribution in [-0.2, 0) is 4.74 Å². The van der Waals surface area contributed by atoms with E-state index < -0.39 is 0 Å². The lowest BCUT2D eigenvalue weighted by Gasteiger charge is -2.02. The summed E-state index contributed by atoms with van der Waals surface area (Å²) in [5.74, 6) is -0.272. The highest BCUT2D eigenvalue weighted by Gasteiger charge is 2.17. The Balaban J connectivity index is 2.63. The minimum atomic E-state index is -0.272. The standard InChI is InChI=1S/C13H14NO2/c1-3-16-13(15)11-8-7-10(2)14-9-5-4-6-12(11)14/h4-9H,3H2,1-2H3/q+1. The number of ether oxygens (including phenoxy) is 1. The van der Waals surface area contributed by atoms with Gasteiger partial charge in [-0.1, -0.05) is 0 Å². The molecular formula is C13H14NO2+. The van der Waals surface area contributed by atoms with Gasteiger partial charge in [-0.2, -0.15) is 4.40 Å². The first-order chi connectivity index (χ1) is 7.74. The summed E-state index contributed by atoms with van der Waals surface area (Å²) in [5.41, 5.74) is 2.57. The van der Waals surface area contributed by atoms with Crippen molar-refractivity contribution in [2.24, 2.45) is 0 Å². The number of rotatable bonds is 2. The number of hydrogen-bond donors (Lipinski definition) is 0. The van der Waals surface area contributed by atoms with Gasteiger partial charge in [-0.15, -0.1) is 0 Å². The average molecular weight is 216 g/mol. The molecule has 0 aliphatic rings. The molecule has 0 spiro atoms. The molecule has 3 heteroatoms. The van der Waals surface area contributed by atoms with Gasteiger partial charge in [-0.3, -0.25) is 0 Å². The number of nitrogens with zero attached hydrogens (tertiary/aromatic N) is 1. The van der Waals surface area contributed by atoms with E-state index in [1.807, 2.05) is 47.9 Å². The van der Waals surface area contributed by atoms with Gasteiger partial charge in [0, 0.05) is 25.1 Å². The molecule has 0 aliphatic heterocycles. The van der Waals surface area contributed by atoms with Crippen LogP contribution >= 0.6 is 0 Å². The number of esters is 1. The van der Waals surface area contributed by atoms with Crippen LogP contribution in [0.1, 0.15) is 23.0 Å². The molecular weight excluding hydrogens is 202 g/mol. The Labute approximate surface area is 94.3 Å². The molecule has 0 N–H and O–H groups in total. The molecule has 0 saturated heterocycles. The number of carbonyl (C=O) groups is 1. The molecule has 2 heterocycles. The molecule has 0 unspecified atom stereocenters. The third-order valence-corrected chi connectivity index (χ3v) is 2.50. The lowest BCUT2D eigenvalue weighted by molar-refractivity contribution is -0.519. The molecule has 2 aromatic heterocycles. The molecule has 3 nitrogen and oxygen atoms in total. The van der Waals surface area contributed by atoms with Gasteiger partial charge < -0.3 is 4.74 Å². The summed E-state index contributed by atoms with van der Waals surface area (Å²) >= 11 is 0. The summed E-state index contributed by atoms with van der Waals surface area (Å²) in [6.07, 6.45) is 1.94. The normalized spacial score (nSPS) is 10.4. The fourth-order valence-electron chi connectivity index (χ4n) is 1.72. The monoisotopic (exact) mass is 216 g/mol. The molecule has 0 aromatic carbocycles. The van der Waals surface area contributed by atoms with Crippen molar-refractivity contribution < 1.29 is 13.9 Å². The number of hydrogen-bond acceptors (Lipinski definition) is 2. The van der Waals surface area contributed by atoms with Gasteiger partial charge in [0.2, 0.25) is 5.52 Å². The second-order valence-electron chi connectivity index (χ2n) is 3.56. The summed E-state index contributed by atoms with van der Waals surface area (Å²) in [4.78, 5) is 11.7. The fourth-order valence-corrected chi connectivity index (χ4v) is 1.72. The van der Waals surface area contributed by atoms with Gasteiger partial charge in [0.25, 0.3) is 0 Å². The van der Waals surface area contributed by atoms with E-state index in [4.69, 9.17) is 4.74 Å². The van der Waals surface area contributed by atoms with Gasteiger partial charge in [0.1, 0.15) is 5.56 Å². The Morgan fingerprint density at radius 3 is 2.88 bits per heavy atom. The van der Waals surface area contributed by atoms with Crippen molar-refractivity contribution in [2.75, 3.05) is 6.61 Å². The summed E-state index contributed by atoms with van der Waals surface area (Å²) < 4.78 is 7.00. The third-order valence-electron chi connectivity index (χ3n) is 2.50. The molecule has 82 valence electrons. The van der Waals surface area contributed by atoms with Gasteiger partial charge in [0.05, 0.1) is 6.61 Å². The van der Waals surface area contributed by atoms with E-state index in [0.717, 1.165) is 11.2 Å². The molecule has 2 rings (SSSR count). The highest BCUT2D eigenvalue weighted by atomic mass is 16.5. The van der Waals surface area contributed by atoms with Gasteiger partial charge in [-0.05, 0) is 19.1 Å². The molecule has 2 aromatic rings. The van der Waals surface area contributed by atoms with Crippen molar-refractivity contribution in [3.63, 3.8) is 0 Å². The smallest absolute Gasteiger partial charge is 0.344 e. The predicted molar refractivity (Wildman–Crippen MR) is 60.3 cm³/mol. The number of carbonyl (C=O) groups excluding carboxylic acids is 1. The largest absolute Gasteiger partial charge is 0.462 e. The van der Waals surface area contributed by atoms with Crippen LogP contribution in [0.2, 0.25) is 0 Å². The summed E-state index contributed by atoms with van der Waals surface area (Å²) in [6, 6.07) is 9.49. The van der Waals surface area contributed by atoms with Crippen molar-refractivity contribution in [3.05, 3.63) is 47.8 Å². The topological polar surface area (TPSA) is 30.4 Å². The molecule has 0 amide bonds. The van der Waals surface area contributed by atoms with Crippen molar-refractivity contribution >= 4 is 11.5 Å². The predicted octanol–water partition coefficient (Wildman–Crippen LogP) is 1.91. The van der Waals surface area contributed by atoms with E-state index in [9.17, 15) is 4.79 Å². The van der Waals surface area contributed by atoms with E-state index in [1.54, 1.807) is 6.92 Å². The van der Waals surface area contributed by atoms with E-state index in [2.05, 4.69) is 0 Å². The van der Waals surface area contributed by atoms with E-state index in [0.29, 0.717) is 12.2 Å². The van der Waals surface area contributed by atoms with Crippen molar-refractivity contribution in [3.8, 4) is 0 Å². The molecule has 0 fully saturated rings. The summed E-state index contributed by atoms with van der Waals surface area (Å²) in [5, 5.41) is 0. The number of fused-ring (bicyclic) bond motifs is 1. The molecule has 0 bridgehead atoms. The van der Waals surface area contributed by atoms with Gasteiger partial charge >= 0.3 is 5.97 Å². The Kier molecular flexibility index (Phi) is 2.86. The Morgan fingerprint density at radius 1 is 1.31 bits per heavy atom. The van der Waals surface area contributed by atoms with Crippen LogP contribution in [0.25, 0.3) is 5.52 Å². The fraction of sp³-hybridized carbons (Fsp3) is 0.231. The van der Waals surface area contributed by atoms with Crippen LogP contribution in [0.15, 0.2) is 36.5 Å². The maximum absolute atomic E-state index is 11.7. The lowest BCUT2D eigenvalue weighted by atomic mass is 10.2. The number of aryl methyl sites for hydroxylation is 1. The molecule has 16 heavy (non-hydrogen) atoms. The van der Waals surface area contributed by atoms with Crippen LogP contribution in [0.4, 0.5) is 0 Å². The highest BCUT2D eigenvalue weighted by Crippen LogP contribution is 2.09. The first-order valence-corrected chi connectivity index (χ1v) is 5.31. The van der Waals surface area contributed by atoms with Crippen LogP contribution in [0.5, 0.6) is 0 Å². The first-order valence-electron chi connectivity index (χ1n) is 5.31. The number of pyridine rings is 2. The molecule has 0 atom stereocenters.